The van der Waals surface area contributed by atoms with Crippen molar-refractivity contribution < 1.29 is 138 Å². The molecule has 2 aliphatic rings. The molecule has 6 aromatic carbocycles. The van der Waals surface area contributed by atoms with E-state index >= 15 is 35.1 Å². The van der Waals surface area contributed by atoms with Crippen molar-refractivity contribution >= 4 is 62.8 Å². The fraction of sp³-hybridized carbons (Fsp3) is 0.148. The second-order valence-corrected chi connectivity index (χ2v) is 27.0. The Hall–Kier alpha value is -5.13. The normalized spacial score (nSPS) is 14.7. The summed E-state index contributed by atoms with van der Waals surface area (Å²) in [6, 6.07) is 6.45. The van der Waals surface area contributed by atoms with Crippen molar-refractivity contribution in [3.05, 3.63) is 242 Å². The number of carbonyl (C=O) groups is 1. The van der Waals surface area contributed by atoms with Gasteiger partial charge in [-0.1, -0.05) is 83.0 Å². The van der Waals surface area contributed by atoms with Gasteiger partial charge in [0.05, 0.1) is 21.2 Å². The van der Waals surface area contributed by atoms with Crippen LogP contribution in [0.5, 0.6) is 0 Å². The summed E-state index contributed by atoms with van der Waals surface area (Å²) in [5.74, 6) is -56.2. The minimum atomic E-state index is -11.2. The van der Waals surface area contributed by atoms with Crippen LogP contribution in [-0.2, 0) is 33.3 Å². The minimum absolute atomic E-state index is 0. The number of halogens is 26. The molecular formula is C54H33F26O3P2RuSb. The molecule has 0 saturated heterocycles. The summed E-state index contributed by atoms with van der Waals surface area (Å²) in [6.45, 7) is 8.14. The molecule has 87 heavy (non-hydrogen) atoms. The predicted molar refractivity (Wildman–Crippen MR) is 263 cm³/mol. The van der Waals surface area contributed by atoms with Gasteiger partial charge in [-0.2, -0.15) is 0 Å². The van der Waals surface area contributed by atoms with Crippen molar-refractivity contribution in [2.24, 2.45) is 0 Å². The third-order valence-corrected chi connectivity index (χ3v) is 15.0. The van der Waals surface area contributed by atoms with Gasteiger partial charge in [0.1, 0.15) is 34.3 Å². The van der Waals surface area contributed by atoms with E-state index in [1.165, 1.54) is 65.5 Å². The number of hydrogen-bond acceptors (Lipinski definition) is 3. The molecular weight excluding hydrogens is 1480 g/mol. The van der Waals surface area contributed by atoms with E-state index in [4.69, 9.17) is 9.05 Å². The van der Waals surface area contributed by atoms with E-state index in [-0.39, 0.29) is 47.5 Å². The van der Waals surface area contributed by atoms with Gasteiger partial charge < -0.3 is 13.8 Å². The number of allylic oxidation sites excluding steroid dienone is 4. The van der Waals surface area contributed by atoms with Crippen molar-refractivity contribution in [3.63, 3.8) is 0 Å². The van der Waals surface area contributed by atoms with Crippen LogP contribution in [0, 0.1) is 175 Å². The first kappa shape index (κ1) is 74.3. The predicted octanol–water partition coefficient (Wildman–Crippen LogP) is 17.2. The zero-order valence-corrected chi connectivity index (χ0v) is 50.0. The molecule has 0 bridgehead atoms. The Morgan fingerprint density at radius 3 is 0.713 bits per heavy atom. The SMILES string of the molecule is CC(C)=O.Cc1cc(C)cc([C@H](OP(c2c(F)c(F)c(F)c(F)c2F)c2c(F)c(F)c(F)c(F)c2F)[C@@H](OP(c2c(F)c(F)c(F)c(F)c2F)c2c(F)c(F)c(F)c(F)c2F)c2cc(C)cc(C)c2)c1.[CH]1[CH][C]2C=CC=C[C]2[CH]1.[F][Sb-]([F])([F])([F])([F])[F].[Ru+]. The summed E-state index contributed by atoms with van der Waals surface area (Å²) in [6.07, 6.45) is 9.02. The fourth-order valence-electron chi connectivity index (χ4n) is 7.75. The quantitative estimate of drug-likeness (QED) is 0.0426. The van der Waals surface area contributed by atoms with Crippen molar-refractivity contribution in [1.29, 1.82) is 0 Å². The molecule has 2 aliphatic carbocycles. The summed E-state index contributed by atoms with van der Waals surface area (Å²) in [7, 11) is -9.67. The molecule has 0 aromatic heterocycles. The molecule has 0 N–H and O–H groups in total. The number of benzene rings is 6. The van der Waals surface area contributed by atoms with Gasteiger partial charge in [-0.3, -0.25) is 0 Å². The van der Waals surface area contributed by atoms with Crippen molar-refractivity contribution in [2.45, 2.75) is 53.8 Å². The van der Waals surface area contributed by atoms with E-state index in [1.807, 2.05) is 0 Å². The molecule has 6 radical (unpaired) electrons. The molecule has 33 heteroatoms. The topological polar surface area (TPSA) is 35.5 Å². The van der Waals surface area contributed by atoms with Crippen molar-refractivity contribution in [2.75, 3.05) is 0 Å². The number of ketones is 1. The maximum Gasteiger partial charge on any atom is 1.00 e. The summed E-state index contributed by atoms with van der Waals surface area (Å²) >= 11 is -11.2. The molecule has 0 aliphatic heterocycles. The second kappa shape index (κ2) is 27.9. The van der Waals surface area contributed by atoms with E-state index in [9.17, 15) is 74.4 Å². The Bertz CT molecular complexity index is 3170. The van der Waals surface area contributed by atoms with Crippen LogP contribution in [-0.4, -0.2) is 25.3 Å². The number of fused-ring (bicyclic) bond motifs is 1. The smallest absolute Gasteiger partial charge is 1.00 e. The minimum Gasteiger partial charge on any atom is 1.00 e. The average molecular weight is 1510 g/mol. The van der Waals surface area contributed by atoms with Gasteiger partial charge in [0, 0.05) is 11.8 Å². The van der Waals surface area contributed by atoms with Gasteiger partial charge in [-0.25, -0.2) is 87.8 Å². The first-order valence-corrected chi connectivity index (χ1v) is 31.5. The van der Waals surface area contributed by atoms with E-state index in [1.54, 1.807) is 0 Å². The monoisotopic (exact) mass is 1510 g/mol. The molecule has 0 heterocycles. The van der Waals surface area contributed by atoms with Crippen LogP contribution < -0.4 is 21.2 Å². The number of rotatable bonds is 11. The summed E-state index contributed by atoms with van der Waals surface area (Å²) < 4.78 is 375. The Labute approximate surface area is 493 Å². The molecule has 0 spiro atoms. The van der Waals surface area contributed by atoms with Crippen LogP contribution in [0.3, 0.4) is 0 Å². The summed E-state index contributed by atoms with van der Waals surface area (Å²) in [5.41, 5.74) is -1.04. The van der Waals surface area contributed by atoms with E-state index < -0.39 is 197 Å². The Balaban J connectivity index is 0.000000652. The third-order valence-electron chi connectivity index (χ3n) is 11.0. The largest absolute Gasteiger partial charge is 1.00 e. The van der Waals surface area contributed by atoms with Crippen LogP contribution in [0.4, 0.5) is 105 Å². The van der Waals surface area contributed by atoms with Gasteiger partial charge in [-0.15, -0.1) is 0 Å². The molecule has 0 unspecified atom stereocenters. The first-order valence-electron chi connectivity index (χ1n) is 23.2. The molecule has 1 saturated carbocycles. The Morgan fingerprint density at radius 2 is 0.529 bits per heavy atom. The molecule has 2 atom stereocenters. The van der Waals surface area contributed by atoms with Crippen LogP contribution in [0.25, 0.3) is 0 Å². The van der Waals surface area contributed by atoms with Crippen LogP contribution in [0.1, 0.15) is 59.4 Å². The molecule has 3 nitrogen and oxygen atoms in total. The van der Waals surface area contributed by atoms with Gasteiger partial charge in [-0.05, 0) is 71.9 Å². The Kier molecular flexibility index (Phi) is 23.9. The second-order valence-electron chi connectivity index (χ2n) is 18.2. The van der Waals surface area contributed by atoms with Gasteiger partial charge in [0.15, 0.2) is 93.1 Å². The van der Waals surface area contributed by atoms with E-state index in [0.717, 1.165) is 24.3 Å². The van der Waals surface area contributed by atoms with Crippen LogP contribution in [0.15, 0.2) is 60.7 Å². The summed E-state index contributed by atoms with van der Waals surface area (Å²) in [4.78, 5) is 9.44. The molecule has 6 aromatic rings. The van der Waals surface area contributed by atoms with Crippen LogP contribution >= 0.6 is 16.3 Å². The van der Waals surface area contributed by atoms with Gasteiger partial charge in [0.25, 0.3) is 0 Å². The molecule has 0 amide bonds. The zero-order chi connectivity index (χ0) is 65.4. The summed E-state index contributed by atoms with van der Waals surface area (Å²) in [5, 5.41) is -9.78. The number of carbonyl (C=O) groups excluding carboxylic acids is 1. The molecule has 8 rings (SSSR count). The van der Waals surface area contributed by atoms with Crippen molar-refractivity contribution in [1.82, 2.24) is 0 Å². The first-order chi connectivity index (χ1) is 39.4. The zero-order valence-electron chi connectivity index (χ0n) is 43.9. The molecule has 472 valence electrons. The number of aryl methyl sites for hydroxylation is 4. The molecule has 1 fully saturated rings. The fourth-order valence-corrected chi connectivity index (χ4v) is 11.7. The number of Topliss-reactive ketones (excluding diaryl/α,β-unsaturated/α-hetero) is 1. The van der Waals surface area contributed by atoms with Gasteiger partial charge in [0.2, 0.25) is 23.3 Å². The maximum atomic E-state index is 15.9. The van der Waals surface area contributed by atoms with E-state index in [0.29, 0.717) is 0 Å². The standard InChI is InChI=1S/C42H20F20O2P2.C9H7.C3H6O.6FH.Ru.Sb/c1-11-5-12(2)8-15(7-11)37(63-65(39-29(55)21(47)17(43)22(48)30(39)56)40-31(57)23(49)18(44)24(50)32(40)58)38(16-9-13(3)6-14(4)10-16)64-66(41-33(59)25(51)19(45)26(52)34(41)60)42-35(61)27(53)20(46)28(54)36(42)62;1-2-5-9-7-3-6-8(9)4-1;1-3(2)4;;;;;;;;/h5-10,37-38H,1-4H3;1-7H;1-2H3;6*1H;;/q;;;;;;;;;+1;+5/p-6/t37-,38-;;;;;;;;;;/m0........../s1. The van der Waals surface area contributed by atoms with E-state index in [2.05, 4.69) is 43.6 Å². The van der Waals surface area contributed by atoms with Gasteiger partial charge >= 0.3 is 55.8 Å². The Morgan fingerprint density at radius 1 is 0.356 bits per heavy atom. The van der Waals surface area contributed by atoms with Crippen molar-refractivity contribution in [3.8, 4) is 0 Å². The average Bonchev–Trinajstić information content (AvgIpc) is 1.47. The van der Waals surface area contributed by atoms with Crippen LogP contribution in [0.2, 0.25) is 0 Å². The number of hydrogen-bond donors (Lipinski definition) is 0. The third kappa shape index (κ3) is 17.9. The maximum absolute atomic E-state index is 15.9.